The number of halogens is 1. The van der Waals surface area contributed by atoms with Gasteiger partial charge in [-0.1, -0.05) is 24.4 Å². The second-order valence-corrected chi connectivity index (χ2v) is 4.08. The van der Waals surface area contributed by atoms with Crippen molar-refractivity contribution < 1.29 is 4.39 Å². The lowest BCUT2D eigenvalue weighted by atomic mass is 10.0. The van der Waals surface area contributed by atoms with Gasteiger partial charge in [0, 0.05) is 11.3 Å². The van der Waals surface area contributed by atoms with E-state index in [1.54, 1.807) is 18.2 Å². The molecule has 84 valence electrons. The van der Waals surface area contributed by atoms with Crippen molar-refractivity contribution in [3.05, 3.63) is 52.0 Å². The van der Waals surface area contributed by atoms with Gasteiger partial charge in [0.1, 0.15) is 16.5 Å². The molecule has 0 fully saturated rings. The Labute approximate surface area is 103 Å². The Kier molecular flexibility index (Phi) is 3.03. The lowest BCUT2D eigenvalue weighted by Gasteiger charge is -2.07. The molecule has 17 heavy (non-hydrogen) atoms. The summed E-state index contributed by atoms with van der Waals surface area (Å²) in [6.45, 7) is 1.84. The van der Waals surface area contributed by atoms with E-state index >= 15 is 0 Å². The minimum atomic E-state index is -0.303. The van der Waals surface area contributed by atoms with Crippen LogP contribution in [0.1, 0.15) is 11.3 Å². The number of benzene rings is 1. The third kappa shape index (κ3) is 2.24. The van der Waals surface area contributed by atoms with Gasteiger partial charge in [-0.15, -0.1) is 0 Å². The quantitative estimate of drug-likeness (QED) is 0.776. The van der Waals surface area contributed by atoms with E-state index in [1.807, 2.05) is 13.0 Å². The van der Waals surface area contributed by atoms with E-state index in [0.717, 1.165) is 16.8 Å². The lowest BCUT2D eigenvalue weighted by Crippen LogP contribution is -1.92. The first-order valence-electron chi connectivity index (χ1n) is 5.02. The molecule has 0 saturated heterocycles. The molecule has 0 unspecified atom stereocenters. The number of rotatable bonds is 1. The van der Waals surface area contributed by atoms with Crippen LogP contribution in [-0.2, 0) is 0 Å². The Morgan fingerprint density at radius 2 is 2.12 bits per heavy atom. The topological polar surface area (TPSA) is 39.6 Å². The molecule has 0 bridgehead atoms. The third-order valence-electron chi connectivity index (χ3n) is 2.49. The molecule has 0 spiro atoms. The van der Waals surface area contributed by atoms with Crippen LogP contribution in [0.2, 0.25) is 0 Å². The fraction of sp³-hybridized carbons (Fsp3) is 0.0769. The fourth-order valence-corrected chi connectivity index (χ4v) is 1.92. The molecule has 0 atom stereocenters. The highest BCUT2D eigenvalue weighted by atomic mass is 32.1. The Bertz CT molecular complexity index is 668. The van der Waals surface area contributed by atoms with Gasteiger partial charge < -0.3 is 4.98 Å². The molecule has 4 heteroatoms. The summed E-state index contributed by atoms with van der Waals surface area (Å²) in [5, 5.41) is 8.92. The van der Waals surface area contributed by atoms with Crippen molar-refractivity contribution in [2.75, 3.05) is 0 Å². The van der Waals surface area contributed by atoms with Crippen LogP contribution in [0.4, 0.5) is 4.39 Å². The second-order valence-electron chi connectivity index (χ2n) is 3.67. The maximum Gasteiger partial charge on any atom is 0.123 e. The van der Waals surface area contributed by atoms with Gasteiger partial charge in [0.25, 0.3) is 0 Å². The number of nitrogens with one attached hydrogen (secondary N) is 1. The molecule has 1 heterocycles. The average Bonchev–Trinajstić information content (AvgIpc) is 2.29. The van der Waals surface area contributed by atoms with E-state index in [-0.39, 0.29) is 5.82 Å². The molecule has 1 N–H and O–H groups in total. The molecule has 1 aromatic carbocycles. The number of nitriles is 1. The van der Waals surface area contributed by atoms with Crippen LogP contribution in [0.3, 0.4) is 0 Å². The van der Waals surface area contributed by atoms with Gasteiger partial charge in [0.2, 0.25) is 0 Å². The zero-order chi connectivity index (χ0) is 12.4. The van der Waals surface area contributed by atoms with Crippen LogP contribution in [0.15, 0.2) is 30.3 Å². The van der Waals surface area contributed by atoms with Crippen LogP contribution >= 0.6 is 12.2 Å². The molecule has 0 saturated carbocycles. The number of H-pyrrole nitrogens is 1. The summed E-state index contributed by atoms with van der Waals surface area (Å²) in [4.78, 5) is 2.95. The lowest BCUT2D eigenvalue weighted by molar-refractivity contribution is 0.628. The minimum Gasteiger partial charge on any atom is -0.349 e. The number of nitrogens with zero attached hydrogens (tertiary/aromatic N) is 1. The first kappa shape index (κ1) is 11.5. The SMILES string of the molecule is Cc1[nH]c(=S)c(C#N)cc1-c1cccc(F)c1. The normalized spacial score (nSPS) is 9.94. The van der Waals surface area contributed by atoms with E-state index < -0.39 is 0 Å². The first-order chi connectivity index (χ1) is 8.11. The highest BCUT2D eigenvalue weighted by molar-refractivity contribution is 7.71. The number of aromatic amines is 1. The third-order valence-corrected chi connectivity index (χ3v) is 2.82. The summed E-state index contributed by atoms with van der Waals surface area (Å²) in [6, 6.07) is 9.95. The number of aromatic nitrogens is 1. The van der Waals surface area contributed by atoms with E-state index in [2.05, 4.69) is 4.98 Å². The standard InChI is InChI=1S/C13H9FN2S/c1-8-12(6-10(7-15)13(17)16-8)9-3-2-4-11(14)5-9/h2-6H,1H3,(H,16,17). The number of pyridine rings is 1. The van der Waals surface area contributed by atoms with E-state index in [9.17, 15) is 4.39 Å². The summed E-state index contributed by atoms with van der Waals surface area (Å²) in [5.74, 6) is -0.303. The Balaban J connectivity index is 2.68. The molecular weight excluding hydrogens is 235 g/mol. The number of aryl methyl sites for hydroxylation is 1. The van der Waals surface area contributed by atoms with Gasteiger partial charge >= 0.3 is 0 Å². The highest BCUT2D eigenvalue weighted by Crippen LogP contribution is 2.24. The Morgan fingerprint density at radius 1 is 1.35 bits per heavy atom. The van der Waals surface area contributed by atoms with Gasteiger partial charge in [0.15, 0.2) is 0 Å². The summed E-state index contributed by atoms with van der Waals surface area (Å²) < 4.78 is 13.6. The van der Waals surface area contributed by atoms with Crippen LogP contribution in [0.5, 0.6) is 0 Å². The maximum atomic E-state index is 13.2. The van der Waals surface area contributed by atoms with Crippen molar-refractivity contribution in [1.82, 2.24) is 4.98 Å². The summed E-state index contributed by atoms with van der Waals surface area (Å²) in [7, 11) is 0. The van der Waals surface area contributed by atoms with E-state index in [1.165, 1.54) is 12.1 Å². The van der Waals surface area contributed by atoms with Crippen molar-refractivity contribution in [2.24, 2.45) is 0 Å². The summed E-state index contributed by atoms with van der Waals surface area (Å²) in [5.41, 5.74) is 2.73. The molecule has 2 nitrogen and oxygen atoms in total. The van der Waals surface area contributed by atoms with Crippen LogP contribution < -0.4 is 0 Å². The molecule has 2 rings (SSSR count). The van der Waals surface area contributed by atoms with Gasteiger partial charge in [0.05, 0.1) is 5.56 Å². The Morgan fingerprint density at radius 3 is 2.76 bits per heavy atom. The minimum absolute atomic E-state index is 0.303. The maximum absolute atomic E-state index is 13.2. The molecule has 0 aliphatic carbocycles. The molecule has 0 amide bonds. The van der Waals surface area contributed by atoms with Crippen molar-refractivity contribution in [3.8, 4) is 17.2 Å². The monoisotopic (exact) mass is 244 g/mol. The van der Waals surface area contributed by atoms with E-state index in [0.29, 0.717) is 10.2 Å². The average molecular weight is 244 g/mol. The largest absolute Gasteiger partial charge is 0.349 e. The molecule has 0 aliphatic rings. The van der Waals surface area contributed by atoms with Gasteiger partial charge in [-0.25, -0.2) is 4.39 Å². The molecule has 2 aromatic rings. The molecule has 0 radical (unpaired) electrons. The van der Waals surface area contributed by atoms with Gasteiger partial charge in [-0.2, -0.15) is 5.26 Å². The summed E-state index contributed by atoms with van der Waals surface area (Å²) >= 11 is 5.02. The van der Waals surface area contributed by atoms with Gasteiger partial charge in [-0.3, -0.25) is 0 Å². The van der Waals surface area contributed by atoms with Crippen molar-refractivity contribution in [3.63, 3.8) is 0 Å². The number of hydrogen-bond acceptors (Lipinski definition) is 2. The van der Waals surface area contributed by atoms with Crippen molar-refractivity contribution in [2.45, 2.75) is 6.92 Å². The van der Waals surface area contributed by atoms with Crippen molar-refractivity contribution in [1.29, 1.82) is 5.26 Å². The molecular formula is C13H9FN2S. The smallest absolute Gasteiger partial charge is 0.123 e. The zero-order valence-electron chi connectivity index (χ0n) is 9.12. The summed E-state index contributed by atoms with van der Waals surface area (Å²) in [6.07, 6.45) is 0. The number of hydrogen-bond donors (Lipinski definition) is 1. The zero-order valence-corrected chi connectivity index (χ0v) is 9.94. The first-order valence-corrected chi connectivity index (χ1v) is 5.42. The van der Waals surface area contributed by atoms with Gasteiger partial charge in [-0.05, 0) is 30.7 Å². The Hall–Kier alpha value is -1.99. The van der Waals surface area contributed by atoms with Crippen LogP contribution in [0.25, 0.3) is 11.1 Å². The van der Waals surface area contributed by atoms with Crippen molar-refractivity contribution >= 4 is 12.2 Å². The van der Waals surface area contributed by atoms with E-state index in [4.69, 9.17) is 17.5 Å². The predicted molar refractivity (Wildman–Crippen MR) is 66.5 cm³/mol. The molecule has 0 aliphatic heterocycles. The molecule has 1 aromatic heterocycles. The van der Waals surface area contributed by atoms with Crippen LogP contribution in [0, 0.1) is 28.7 Å². The predicted octanol–water partition coefficient (Wildman–Crippen LogP) is 3.73. The highest BCUT2D eigenvalue weighted by Gasteiger charge is 2.06. The van der Waals surface area contributed by atoms with Crippen LogP contribution in [-0.4, -0.2) is 4.98 Å². The second kappa shape index (κ2) is 4.48. The fourth-order valence-electron chi connectivity index (χ4n) is 1.66.